The van der Waals surface area contributed by atoms with Gasteiger partial charge in [0.2, 0.25) is 5.91 Å². The molecule has 1 aliphatic carbocycles. The summed E-state index contributed by atoms with van der Waals surface area (Å²) in [5, 5.41) is 8.86. The first-order chi connectivity index (χ1) is 12.5. The van der Waals surface area contributed by atoms with Crippen LogP contribution in [0, 0.1) is 11.7 Å². The zero-order chi connectivity index (χ0) is 18.7. The number of hydrogen-bond donors (Lipinski definition) is 2. The van der Waals surface area contributed by atoms with Gasteiger partial charge in [-0.15, -0.1) is 0 Å². The van der Waals surface area contributed by atoms with Crippen LogP contribution in [0.4, 0.5) is 4.39 Å². The molecule has 2 N–H and O–H groups in total. The number of carbonyl (C=O) groups is 2. The van der Waals surface area contributed by atoms with Gasteiger partial charge in [-0.3, -0.25) is 14.8 Å². The van der Waals surface area contributed by atoms with E-state index in [1.54, 1.807) is 41.9 Å². The second-order valence-electron chi connectivity index (χ2n) is 6.14. The van der Waals surface area contributed by atoms with Crippen LogP contribution in [0.2, 0.25) is 0 Å². The van der Waals surface area contributed by atoms with Crippen molar-refractivity contribution in [2.45, 2.75) is 18.4 Å². The maximum absolute atomic E-state index is 12.9. The van der Waals surface area contributed by atoms with E-state index < -0.39 is 23.2 Å². The second-order valence-corrected chi connectivity index (χ2v) is 6.14. The average molecular weight is 359 g/mol. The van der Waals surface area contributed by atoms with Crippen molar-refractivity contribution in [3.8, 4) is 5.75 Å². The van der Waals surface area contributed by atoms with Crippen molar-refractivity contribution in [2.75, 3.05) is 7.11 Å². The zero-order valence-electron chi connectivity index (χ0n) is 14.1. The van der Waals surface area contributed by atoms with E-state index in [1.807, 2.05) is 0 Å². The molecular formula is C19H18FNO5. The zero-order valence-corrected chi connectivity index (χ0v) is 14.1. The largest absolute Gasteiger partial charge is 0.489 e. The van der Waals surface area contributed by atoms with E-state index in [2.05, 4.69) is 0 Å². The molecule has 2 atom stereocenters. The Balaban J connectivity index is 1.80. The SMILES string of the molecule is COC(=O)C1(c2cccc(OCc3ccc(F)cc3)c2)CC1C(=O)NO. The van der Waals surface area contributed by atoms with Crippen molar-refractivity contribution in [3.63, 3.8) is 0 Å². The maximum atomic E-state index is 12.9. The highest BCUT2D eigenvalue weighted by Gasteiger charge is 2.65. The highest BCUT2D eigenvalue weighted by Crippen LogP contribution is 2.55. The van der Waals surface area contributed by atoms with Gasteiger partial charge in [0.15, 0.2) is 0 Å². The number of rotatable bonds is 6. The lowest BCUT2D eigenvalue weighted by Crippen LogP contribution is -2.31. The first-order valence-corrected chi connectivity index (χ1v) is 8.01. The van der Waals surface area contributed by atoms with Crippen molar-refractivity contribution in [1.29, 1.82) is 0 Å². The summed E-state index contributed by atoms with van der Waals surface area (Å²) in [4.78, 5) is 24.1. The van der Waals surface area contributed by atoms with Crippen molar-refractivity contribution in [3.05, 3.63) is 65.5 Å². The van der Waals surface area contributed by atoms with Gasteiger partial charge in [-0.25, -0.2) is 9.87 Å². The summed E-state index contributed by atoms with van der Waals surface area (Å²) < 4.78 is 23.5. The number of amides is 1. The molecule has 0 heterocycles. The van der Waals surface area contributed by atoms with E-state index in [4.69, 9.17) is 14.7 Å². The summed E-state index contributed by atoms with van der Waals surface area (Å²) in [6.45, 7) is 0.232. The van der Waals surface area contributed by atoms with Gasteiger partial charge in [-0.1, -0.05) is 24.3 Å². The number of hydroxylamine groups is 1. The van der Waals surface area contributed by atoms with E-state index >= 15 is 0 Å². The number of hydrogen-bond acceptors (Lipinski definition) is 5. The fourth-order valence-corrected chi connectivity index (χ4v) is 3.11. The van der Waals surface area contributed by atoms with E-state index in [0.29, 0.717) is 11.3 Å². The Labute approximate surface area is 149 Å². The molecule has 0 aromatic heterocycles. The summed E-state index contributed by atoms with van der Waals surface area (Å²) in [6.07, 6.45) is 0.244. The van der Waals surface area contributed by atoms with Gasteiger partial charge >= 0.3 is 5.97 Å². The lowest BCUT2D eigenvalue weighted by atomic mass is 9.92. The minimum absolute atomic E-state index is 0.232. The molecule has 0 saturated heterocycles. The molecule has 3 rings (SSSR count). The van der Waals surface area contributed by atoms with Crippen LogP contribution in [0.1, 0.15) is 17.5 Å². The van der Waals surface area contributed by atoms with Crippen LogP contribution < -0.4 is 10.2 Å². The van der Waals surface area contributed by atoms with Gasteiger partial charge in [0.05, 0.1) is 13.0 Å². The number of nitrogens with one attached hydrogen (secondary N) is 1. The summed E-state index contributed by atoms with van der Waals surface area (Å²) in [5.74, 6) is -1.69. The Bertz CT molecular complexity index is 823. The molecule has 1 saturated carbocycles. The summed E-state index contributed by atoms with van der Waals surface area (Å²) in [7, 11) is 1.26. The topological polar surface area (TPSA) is 84.9 Å². The quantitative estimate of drug-likeness (QED) is 0.470. The summed E-state index contributed by atoms with van der Waals surface area (Å²) in [5.41, 5.74) is 1.83. The van der Waals surface area contributed by atoms with E-state index in [0.717, 1.165) is 5.56 Å². The molecule has 2 aromatic rings. The Morgan fingerprint density at radius 2 is 2.00 bits per heavy atom. The van der Waals surface area contributed by atoms with Crippen LogP contribution in [0.25, 0.3) is 0 Å². The highest BCUT2D eigenvalue weighted by atomic mass is 19.1. The van der Waals surface area contributed by atoms with Gasteiger partial charge in [-0.2, -0.15) is 0 Å². The lowest BCUT2D eigenvalue weighted by Gasteiger charge is -2.16. The first kappa shape index (κ1) is 17.9. The molecule has 7 heteroatoms. The number of carbonyl (C=O) groups excluding carboxylic acids is 2. The molecule has 6 nitrogen and oxygen atoms in total. The molecule has 1 aliphatic rings. The predicted octanol–water partition coefficient (Wildman–Crippen LogP) is 2.34. The number of benzene rings is 2. The highest BCUT2D eigenvalue weighted by molar-refractivity contribution is 5.97. The van der Waals surface area contributed by atoms with E-state index in [1.165, 1.54) is 19.2 Å². The Hall–Kier alpha value is -2.93. The Morgan fingerprint density at radius 3 is 2.65 bits per heavy atom. The minimum atomic E-state index is -1.13. The Kier molecular flexibility index (Phi) is 4.90. The van der Waals surface area contributed by atoms with Crippen molar-refractivity contribution in [1.82, 2.24) is 5.48 Å². The third kappa shape index (κ3) is 3.25. The lowest BCUT2D eigenvalue weighted by molar-refractivity contribution is -0.146. The molecule has 0 spiro atoms. The molecular weight excluding hydrogens is 341 g/mol. The average Bonchev–Trinajstić information content (AvgIpc) is 3.43. The third-order valence-electron chi connectivity index (χ3n) is 4.61. The fourth-order valence-electron chi connectivity index (χ4n) is 3.11. The molecule has 136 valence electrons. The summed E-state index contributed by atoms with van der Waals surface area (Å²) in [6, 6.07) is 12.8. The van der Waals surface area contributed by atoms with Crippen LogP contribution in [-0.2, 0) is 26.3 Å². The maximum Gasteiger partial charge on any atom is 0.317 e. The first-order valence-electron chi connectivity index (χ1n) is 8.01. The summed E-state index contributed by atoms with van der Waals surface area (Å²) >= 11 is 0. The van der Waals surface area contributed by atoms with Crippen LogP contribution in [-0.4, -0.2) is 24.2 Å². The van der Waals surface area contributed by atoms with Gasteiger partial charge in [0.1, 0.15) is 23.6 Å². The van der Waals surface area contributed by atoms with Crippen LogP contribution in [0.5, 0.6) is 5.75 Å². The molecule has 1 fully saturated rings. The standard InChI is InChI=1S/C19H18FNO5/c1-25-18(23)19(10-16(19)17(22)21-24)13-3-2-4-15(9-13)26-11-12-5-7-14(20)8-6-12/h2-9,16,24H,10-11H2,1H3,(H,21,22). The fraction of sp³-hybridized carbons (Fsp3) is 0.263. The molecule has 0 radical (unpaired) electrons. The monoisotopic (exact) mass is 359 g/mol. The smallest absolute Gasteiger partial charge is 0.317 e. The van der Waals surface area contributed by atoms with Gasteiger partial charge in [0.25, 0.3) is 0 Å². The van der Waals surface area contributed by atoms with Gasteiger partial charge in [0, 0.05) is 0 Å². The number of halogens is 1. The Morgan fingerprint density at radius 1 is 1.27 bits per heavy atom. The predicted molar refractivity (Wildman–Crippen MR) is 88.9 cm³/mol. The van der Waals surface area contributed by atoms with Crippen molar-refractivity contribution in [2.24, 2.45) is 5.92 Å². The molecule has 0 aliphatic heterocycles. The molecule has 0 bridgehead atoms. The molecule has 2 unspecified atom stereocenters. The molecule has 26 heavy (non-hydrogen) atoms. The molecule has 2 aromatic carbocycles. The van der Waals surface area contributed by atoms with Crippen LogP contribution in [0.3, 0.4) is 0 Å². The van der Waals surface area contributed by atoms with E-state index in [9.17, 15) is 14.0 Å². The normalized spacial score (nSPS) is 21.0. The van der Waals surface area contributed by atoms with Gasteiger partial charge in [-0.05, 0) is 41.8 Å². The van der Waals surface area contributed by atoms with Crippen molar-refractivity contribution >= 4 is 11.9 Å². The third-order valence-corrected chi connectivity index (χ3v) is 4.61. The number of esters is 1. The van der Waals surface area contributed by atoms with Crippen molar-refractivity contribution < 1.29 is 28.7 Å². The van der Waals surface area contributed by atoms with Gasteiger partial charge < -0.3 is 9.47 Å². The number of ether oxygens (including phenoxy) is 2. The van der Waals surface area contributed by atoms with Crippen LogP contribution in [0.15, 0.2) is 48.5 Å². The minimum Gasteiger partial charge on any atom is -0.489 e. The number of methoxy groups -OCH3 is 1. The second kappa shape index (κ2) is 7.13. The molecule has 1 amide bonds. The van der Waals surface area contributed by atoms with Crippen LogP contribution >= 0.6 is 0 Å². The van der Waals surface area contributed by atoms with E-state index in [-0.39, 0.29) is 18.8 Å².